The van der Waals surface area contributed by atoms with Gasteiger partial charge in [0.25, 0.3) is 0 Å². The third-order valence-corrected chi connectivity index (χ3v) is 6.33. The molecule has 0 bridgehead atoms. The van der Waals surface area contributed by atoms with E-state index >= 15 is 0 Å². The van der Waals surface area contributed by atoms with E-state index in [-0.39, 0.29) is 5.92 Å². The molecule has 1 atom stereocenters. The molecule has 0 radical (unpaired) electrons. The first-order chi connectivity index (χ1) is 15.2. The van der Waals surface area contributed by atoms with Crippen LogP contribution in [-0.2, 0) is 0 Å². The molecular formula is C27H31N3O. The second kappa shape index (κ2) is 9.78. The fourth-order valence-electron chi connectivity index (χ4n) is 4.59. The Morgan fingerprint density at radius 3 is 2.42 bits per heavy atom. The quantitative estimate of drug-likeness (QED) is 0.302. The van der Waals surface area contributed by atoms with Gasteiger partial charge in [-0.05, 0) is 74.1 Å². The van der Waals surface area contributed by atoms with E-state index in [2.05, 4.69) is 70.5 Å². The van der Waals surface area contributed by atoms with Crippen molar-refractivity contribution in [2.24, 2.45) is 5.16 Å². The Labute approximate surface area is 185 Å². The van der Waals surface area contributed by atoms with Crippen molar-refractivity contribution < 1.29 is 5.21 Å². The molecule has 2 aromatic carbocycles. The smallest absolute Gasteiger partial charge is 0.0878 e. The van der Waals surface area contributed by atoms with Crippen LogP contribution >= 0.6 is 0 Å². The molecule has 2 heterocycles. The Bertz CT molecular complexity index is 1040. The standard InChI is InChI=1S/C27H31N3O/c1-20-8-4-5-9-25(20)26(19-27(29-31)23-14-15-28-21(2)18-23)22-10-12-24(13-11-22)30-16-6-3-7-17-30/h4-5,8-15,18,26,31H,3,6-7,16-17,19H2,1-2H3/b29-27+/t26-/m0/s1. The molecule has 1 aliphatic heterocycles. The van der Waals surface area contributed by atoms with E-state index in [1.807, 2.05) is 19.1 Å². The maximum atomic E-state index is 9.86. The topological polar surface area (TPSA) is 48.7 Å². The summed E-state index contributed by atoms with van der Waals surface area (Å²) in [6, 6.07) is 21.4. The zero-order chi connectivity index (χ0) is 21.6. The number of rotatable bonds is 6. The SMILES string of the molecule is Cc1cc(/C(C[C@@H](c2ccc(N3CCCCC3)cc2)c2ccccc2C)=N/O)ccn1. The van der Waals surface area contributed by atoms with E-state index in [0.717, 1.165) is 24.3 Å². The van der Waals surface area contributed by atoms with Gasteiger partial charge in [0.1, 0.15) is 0 Å². The fourth-order valence-corrected chi connectivity index (χ4v) is 4.59. The largest absolute Gasteiger partial charge is 0.411 e. The van der Waals surface area contributed by atoms with Crippen molar-refractivity contribution in [3.8, 4) is 0 Å². The van der Waals surface area contributed by atoms with Crippen molar-refractivity contribution in [3.05, 3.63) is 94.8 Å². The van der Waals surface area contributed by atoms with Crippen LogP contribution in [0.3, 0.4) is 0 Å². The van der Waals surface area contributed by atoms with Gasteiger partial charge in [-0.3, -0.25) is 4.98 Å². The number of oxime groups is 1. The molecule has 1 aliphatic rings. The molecule has 0 aliphatic carbocycles. The van der Waals surface area contributed by atoms with Crippen LogP contribution in [0.1, 0.15) is 59.5 Å². The summed E-state index contributed by atoms with van der Waals surface area (Å²) in [7, 11) is 0. The first-order valence-electron chi connectivity index (χ1n) is 11.2. The van der Waals surface area contributed by atoms with Crippen LogP contribution in [0.4, 0.5) is 5.69 Å². The van der Waals surface area contributed by atoms with Gasteiger partial charge in [-0.1, -0.05) is 41.6 Å². The molecule has 160 valence electrons. The monoisotopic (exact) mass is 413 g/mol. The second-order valence-corrected chi connectivity index (χ2v) is 8.49. The Hall–Kier alpha value is -3.14. The maximum absolute atomic E-state index is 9.86. The molecule has 1 aromatic heterocycles. The van der Waals surface area contributed by atoms with E-state index in [0.29, 0.717) is 12.1 Å². The third kappa shape index (κ3) is 4.96. The summed E-state index contributed by atoms with van der Waals surface area (Å²) in [5.41, 5.74) is 7.56. The van der Waals surface area contributed by atoms with Crippen LogP contribution in [0.5, 0.6) is 0 Å². The molecular weight excluding hydrogens is 382 g/mol. The van der Waals surface area contributed by atoms with Crippen LogP contribution in [0.15, 0.2) is 72.0 Å². The van der Waals surface area contributed by atoms with Crippen molar-refractivity contribution in [3.63, 3.8) is 0 Å². The van der Waals surface area contributed by atoms with E-state index in [9.17, 15) is 5.21 Å². The van der Waals surface area contributed by atoms with Gasteiger partial charge in [0.05, 0.1) is 5.71 Å². The molecule has 3 aromatic rings. The molecule has 1 saturated heterocycles. The molecule has 0 amide bonds. The summed E-state index contributed by atoms with van der Waals surface area (Å²) in [5, 5.41) is 13.5. The van der Waals surface area contributed by atoms with Gasteiger partial charge in [0, 0.05) is 48.6 Å². The first-order valence-corrected chi connectivity index (χ1v) is 11.2. The molecule has 0 saturated carbocycles. The molecule has 31 heavy (non-hydrogen) atoms. The fraction of sp³-hybridized carbons (Fsp3) is 0.333. The number of pyridine rings is 1. The van der Waals surface area contributed by atoms with Gasteiger partial charge < -0.3 is 10.1 Å². The molecule has 1 N–H and O–H groups in total. The number of nitrogens with zero attached hydrogens (tertiary/aromatic N) is 3. The number of aromatic nitrogens is 1. The van der Waals surface area contributed by atoms with Crippen LogP contribution in [0, 0.1) is 13.8 Å². The van der Waals surface area contributed by atoms with Gasteiger partial charge in [0.15, 0.2) is 0 Å². The number of anilines is 1. The number of hydrogen-bond donors (Lipinski definition) is 1. The minimum atomic E-state index is 0.107. The molecule has 1 fully saturated rings. The highest BCUT2D eigenvalue weighted by atomic mass is 16.4. The zero-order valence-corrected chi connectivity index (χ0v) is 18.5. The lowest BCUT2D eigenvalue weighted by molar-refractivity contribution is 0.317. The maximum Gasteiger partial charge on any atom is 0.0878 e. The summed E-state index contributed by atoms with van der Waals surface area (Å²) in [5.74, 6) is 0.107. The second-order valence-electron chi connectivity index (χ2n) is 8.49. The van der Waals surface area contributed by atoms with Gasteiger partial charge in [-0.15, -0.1) is 0 Å². The minimum absolute atomic E-state index is 0.107. The predicted molar refractivity (Wildman–Crippen MR) is 127 cm³/mol. The lowest BCUT2D eigenvalue weighted by Gasteiger charge is -2.29. The first kappa shape index (κ1) is 21.1. The highest BCUT2D eigenvalue weighted by Crippen LogP contribution is 2.33. The molecule has 4 heteroatoms. The molecule has 4 nitrogen and oxygen atoms in total. The molecule has 0 spiro atoms. The van der Waals surface area contributed by atoms with E-state index < -0.39 is 0 Å². The predicted octanol–water partition coefficient (Wildman–Crippen LogP) is 6.09. The van der Waals surface area contributed by atoms with Crippen molar-refractivity contribution in [2.45, 2.75) is 45.4 Å². The van der Waals surface area contributed by atoms with Gasteiger partial charge in [0.2, 0.25) is 0 Å². The summed E-state index contributed by atoms with van der Waals surface area (Å²) in [4.78, 5) is 6.76. The van der Waals surface area contributed by atoms with Crippen LogP contribution in [0.25, 0.3) is 0 Å². The van der Waals surface area contributed by atoms with Crippen molar-refractivity contribution in [2.75, 3.05) is 18.0 Å². The third-order valence-electron chi connectivity index (χ3n) is 6.33. The van der Waals surface area contributed by atoms with Gasteiger partial charge in [-0.2, -0.15) is 0 Å². The average Bonchev–Trinajstić information content (AvgIpc) is 2.81. The number of benzene rings is 2. The van der Waals surface area contributed by atoms with E-state index in [1.54, 1.807) is 6.20 Å². The number of hydrogen-bond acceptors (Lipinski definition) is 4. The lowest BCUT2D eigenvalue weighted by atomic mass is 9.83. The van der Waals surface area contributed by atoms with Crippen LogP contribution in [0.2, 0.25) is 0 Å². The Balaban J connectivity index is 1.67. The summed E-state index contributed by atoms with van der Waals surface area (Å²) >= 11 is 0. The summed E-state index contributed by atoms with van der Waals surface area (Å²) < 4.78 is 0. The number of aryl methyl sites for hydroxylation is 2. The van der Waals surface area contributed by atoms with E-state index in [1.165, 1.54) is 41.6 Å². The molecule has 0 unspecified atom stereocenters. The van der Waals surface area contributed by atoms with Crippen molar-refractivity contribution in [1.82, 2.24) is 4.98 Å². The lowest BCUT2D eigenvalue weighted by Crippen LogP contribution is -2.29. The minimum Gasteiger partial charge on any atom is -0.411 e. The Kier molecular flexibility index (Phi) is 6.66. The van der Waals surface area contributed by atoms with Gasteiger partial charge in [-0.25, -0.2) is 0 Å². The Morgan fingerprint density at radius 2 is 1.74 bits per heavy atom. The summed E-state index contributed by atoms with van der Waals surface area (Å²) in [6.07, 6.45) is 6.27. The van der Waals surface area contributed by atoms with E-state index in [4.69, 9.17) is 0 Å². The van der Waals surface area contributed by atoms with Gasteiger partial charge >= 0.3 is 0 Å². The summed E-state index contributed by atoms with van der Waals surface area (Å²) in [6.45, 7) is 6.39. The van der Waals surface area contributed by atoms with Crippen molar-refractivity contribution in [1.29, 1.82) is 0 Å². The molecule has 4 rings (SSSR count). The number of piperidine rings is 1. The zero-order valence-electron chi connectivity index (χ0n) is 18.5. The highest BCUT2D eigenvalue weighted by Gasteiger charge is 2.21. The average molecular weight is 414 g/mol. The van der Waals surface area contributed by atoms with Crippen molar-refractivity contribution >= 4 is 11.4 Å². The van der Waals surface area contributed by atoms with Crippen LogP contribution < -0.4 is 4.90 Å². The van der Waals surface area contributed by atoms with Crippen LogP contribution in [-0.4, -0.2) is 29.0 Å². The Morgan fingerprint density at radius 1 is 1.00 bits per heavy atom. The normalized spacial score (nSPS) is 15.7. The highest BCUT2D eigenvalue weighted by molar-refractivity contribution is 6.01.